The van der Waals surface area contributed by atoms with Crippen LogP contribution in [0.4, 0.5) is 0 Å². The molecular weight excluding hydrogens is 276 g/mol. The number of thioether (sulfide) groups is 1. The highest BCUT2D eigenvalue weighted by Crippen LogP contribution is 2.17. The highest BCUT2D eigenvalue weighted by molar-refractivity contribution is 8.11. The Bertz CT molecular complexity index is 833. The molecule has 2 heterocycles. The molecule has 1 N–H and O–H groups in total. The van der Waals surface area contributed by atoms with Gasteiger partial charge in [-0.05, 0) is 11.8 Å². The molecule has 7 heteroatoms. The van der Waals surface area contributed by atoms with Gasteiger partial charge in [0.05, 0.1) is 11.9 Å². The Kier molecular flexibility index (Phi) is 3.26. The monoisotopic (exact) mass is 284 g/mol. The van der Waals surface area contributed by atoms with Gasteiger partial charge in [0.1, 0.15) is 0 Å². The highest BCUT2D eigenvalue weighted by Gasteiger charge is 2.09. The zero-order chi connectivity index (χ0) is 13.9. The molecule has 6 nitrogen and oxygen atoms in total. The van der Waals surface area contributed by atoms with Gasteiger partial charge in [-0.1, -0.05) is 30.3 Å². The van der Waals surface area contributed by atoms with Crippen LogP contribution in [0.1, 0.15) is 0 Å². The average molecular weight is 284 g/mol. The SMILES string of the molecule is O=CSc1nc2ncc(-c3ccccc3)nc2c(=O)[nH]1. The molecule has 0 saturated heterocycles. The summed E-state index contributed by atoms with van der Waals surface area (Å²) in [4.78, 5) is 37.3. The highest BCUT2D eigenvalue weighted by atomic mass is 32.2. The second-order valence-corrected chi connectivity index (χ2v) is 4.69. The number of H-pyrrole nitrogens is 1. The Labute approximate surface area is 117 Å². The largest absolute Gasteiger partial charge is 0.299 e. The van der Waals surface area contributed by atoms with Gasteiger partial charge in [0.15, 0.2) is 21.9 Å². The summed E-state index contributed by atoms with van der Waals surface area (Å²) in [6.07, 6.45) is 1.56. The van der Waals surface area contributed by atoms with Gasteiger partial charge in [-0.25, -0.2) is 15.0 Å². The van der Waals surface area contributed by atoms with Crippen LogP contribution in [-0.2, 0) is 4.79 Å². The fourth-order valence-corrected chi connectivity index (χ4v) is 2.13. The molecule has 2 aromatic heterocycles. The molecule has 0 aliphatic carbocycles. The van der Waals surface area contributed by atoms with E-state index < -0.39 is 5.56 Å². The molecule has 0 aliphatic rings. The first-order chi connectivity index (χ1) is 9.78. The van der Waals surface area contributed by atoms with Gasteiger partial charge in [0, 0.05) is 5.56 Å². The lowest BCUT2D eigenvalue weighted by molar-refractivity contribution is 0.570. The molecule has 1 aromatic carbocycles. The van der Waals surface area contributed by atoms with Crippen LogP contribution in [0, 0.1) is 0 Å². The van der Waals surface area contributed by atoms with Crippen LogP contribution in [0.25, 0.3) is 22.4 Å². The molecule has 98 valence electrons. The summed E-state index contributed by atoms with van der Waals surface area (Å²) in [5.74, 6) is 0. The molecule has 0 spiro atoms. The van der Waals surface area contributed by atoms with E-state index in [1.165, 1.54) is 0 Å². The molecule has 0 amide bonds. The molecule has 0 saturated carbocycles. The number of benzene rings is 1. The molecule has 0 bridgehead atoms. The standard InChI is InChI=1S/C13H8N4O2S/c18-7-20-13-16-11-10(12(19)17-13)15-9(6-14-11)8-4-2-1-3-5-8/h1-7H,(H,14,16,17,19). The van der Waals surface area contributed by atoms with Crippen molar-refractivity contribution in [1.29, 1.82) is 0 Å². The number of fused-ring (bicyclic) bond motifs is 1. The number of hydrogen-bond acceptors (Lipinski definition) is 6. The fourth-order valence-electron chi connectivity index (χ4n) is 1.75. The van der Waals surface area contributed by atoms with Crippen LogP contribution >= 0.6 is 11.8 Å². The van der Waals surface area contributed by atoms with Crippen molar-refractivity contribution in [3.63, 3.8) is 0 Å². The maximum Gasteiger partial charge on any atom is 0.279 e. The van der Waals surface area contributed by atoms with Crippen molar-refractivity contribution in [1.82, 2.24) is 19.9 Å². The molecule has 3 rings (SSSR count). The van der Waals surface area contributed by atoms with E-state index in [1.807, 2.05) is 30.3 Å². The number of aromatic amines is 1. The third-order valence-corrected chi connectivity index (χ3v) is 3.14. The number of hydrogen-bond donors (Lipinski definition) is 1. The van der Waals surface area contributed by atoms with Crippen LogP contribution in [0.5, 0.6) is 0 Å². The lowest BCUT2D eigenvalue weighted by atomic mass is 10.2. The van der Waals surface area contributed by atoms with Gasteiger partial charge >= 0.3 is 0 Å². The van der Waals surface area contributed by atoms with E-state index in [4.69, 9.17) is 0 Å². The zero-order valence-electron chi connectivity index (χ0n) is 10.1. The number of carbonyl (C=O) groups is 1. The topological polar surface area (TPSA) is 88.6 Å². The first-order valence-electron chi connectivity index (χ1n) is 5.71. The first-order valence-corrected chi connectivity index (χ1v) is 6.58. The summed E-state index contributed by atoms with van der Waals surface area (Å²) in [6.45, 7) is 0. The minimum Gasteiger partial charge on any atom is -0.299 e. The van der Waals surface area contributed by atoms with E-state index in [-0.39, 0.29) is 16.3 Å². The Balaban J connectivity index is 2.17. The van der Waals surface area contributed by atoms with Crippen molar-refractivity contribution >= 4 is 28.5 Å². The Hall–Kier alpha value is -2.54. The number of nitrogens with one attached hydrogen (secondary N) is 1. The van der Waals surface area contributed by atoms with Gasteiger partial charge in [-0.3, -0.25) is 14.6 Å². The summed E-state index contributed by atoms with van der Waals surface area (Å²) < 4.78 is 0. The Morgan fingerprint density at radius 2 is 1.95 bits per heavy atom. The summed E-state index contributed by atoms with van der Waals surface area (Å²) in [5.41, 5.74) is 2.02. The number of carbonyl (C=O) groups excluding carboxylic acids is 1. The second kappa shape index (κ2) is 5.22. The van der Waals surface area contributed by atoms with Gasteiger partial charge in [-0.2, -0.15) is 0 Å². The minimum absolute atomic E-state index is 0.154. The number of aromatic nitrogens is 4. The summed E-state index contributed by atoms with van der Waals surface area (Å²) in [5, 5.41) is 0.208. The molecule has 0 unspecified atom stereocenters. The number of nitrogens with zero attached hydrogens (tertiary/aromatic N) is 3. The summed E-state index contributed by atoms with van der Waals surface area (Å²) in [6, 6.07) is 9.43. The normalized spacial score (nSPS) is 10.6. The Morgan fingerprint density at radius 1 is 1.15 bits per heavy atom. The third kappa shape index (κ3) is 2.30. The first kappa shape index (κ1) is 12.5. The van der Waals surface area contributed by atoms with Crippen LogP contribution in [0.15, 0.2) is 46.5 Å². The maximum absolute atomic E-state index is 11.9. The molecule has 0 aliphatic heterocycles. The van der Waals surface area contributed by atoms with Gasteiger partial charge in [0.2, 0.25) is 0 Å². The molecular formula is C13H8N4O2S. The molecule has 0 fully saturated rings. The van der Waals surface area contributed by atoms with E-state index in [2.05, 4.69) is 19.9 Å². The van der Waals surface area contributed by atoms with Crippen molar-refractivity contribution < 1.29 is 4.79 Å². The molecule has 3 aromatic rings. The van der Waals surface area contributed by atoms with E-state index in [0.717, 1.165) is 17.3 Å². The van der Waals surface area contributed by atoms with Crippen molar-refractivity contribution in [3.05, 3.63) is 46.9 Å². The molecule has 0 radical (unpaired) electrons. The lowest BCUT2D eigenvalue weighted by Gasteiger charge is -2.02. The van der Waals surface area contributed by atoms with Crippen LogP contribution in [-0.4, -0.2) is 25.6 Å². The van der Waals surface area contributed by atoms with Crippen LogP contribution in [0.3, 0.4) is 0 Å². The molecule has 20 heavy (non-hydrogen) atoms. The van der Waals surface area contributed by atoms with Crippen LogP contribution < -0.4 is 5.56 Å². The van der Waals surface area contributed by atoms with E-state index in [1.54, 1.807) is 6.20 Å². The average Bonchev–Trinajstić information content (AvgIpc) is 2.48. The second-order valence-electron chi connectivity index (χ2n) is 3.88. The van der Waals surface area contributed by atoms with Crippen molar-refractivity contribution in [3.8, 4) is 11.3 Å². The van der Waals surface area contributed by atoms with E-state index in [9.17, 15) is 9.59 Å². The van der Waals surface area contributed by atoms with Crippen molar-refractivity contribution in [2.75, 3.05) is 0 Å². The fraction of sp³-hybridized carbons (Fsp3) is 0. The predicted molar refractivity (Wildman–Crippen MR) is 76.0 cm³/mol. The van der Waals surface area contributed by atoms with Gasteiger partial charge < -0.3 is 0 Å². The predicted octanol–water partition coefficient (Wildman–Crippen LogP) is 1.66. The van der Waals surface area contributed by atoms with Crippen LogP contribution in [0.2, 0.25) is 0 Å². The van der Waals surface area contributed by atoms with Gasteiger partial charge in [-0.15, -0.1) is 0 Å². The lowest BCUT2D eigenvalue weighted by Crippen LogP contribution is -2.12. The third-order valence-electron chi connectivity index (χ3n) is 2.63. The van der Waals surface area contributed by atoms with E-state index in [0.29, 0.717) is 11.3 Å². The van der Waals surface area contributed by atoms with Gasteiger partial charge in [0.25, 0.3) is 5.56 Å². The molecule has 0 atom stereocenters. The zero-order valence-corrected chi connectivity index (χ0v) is 10.9. The minimum atomic E-state index is -0.412. The van der Waals surface area contributed by atoms with E-state index >= 15 is 0 Å². The number of rotatable bonds is 3. The smallest absolute Gasteiger partial charge is 0.279 e. The van der Waals surface area contributed by atoms with Crippen molar-refractivity contribution in [2.45, 2.75) is 5.16 Å². The van der Waals surface area contributed by atoms with Crippen molar-refractivity contribution in [2.24, 2.45) is 0 Å². The Morgan fingerprint density at radius 3 is 2.70 bits per heavy atom. The summed E-state index contributed by atoms with van der Waals surface area (Å²) >= 11 is 0.790. The quantitative estimate of drug-likeness (QED) is 0.447. The maximum atomic E-state index is 11.9. The summed E-state index contributed by atoms with van der Waals surface area (Å²) in [7, 11) is 0.